The standard InChI is InChI=1S/C10H16BrNS/c1-7(6-12)10(2,3)8-4-5-9(11)13-8/h4-5,7H,6,12H2,1-3H3. The van der Waals surface area contributed by atoms with E-state index >= 15 is 0 Å². The SMILES string of the molecule is CC(CN)C(C)(C)c1ccc(Br)s1. The molecule has 3 heteroatoms. The zero-order valence-corrected chi connectivity index (χ0v) is 10.7. The van der Waals surface area contributed by atoms with E-state index in [4.69, 9.17) is 5.73 Å². The molecule has 0 saturated carbocycles. The fourth-order valence-corrected chi connectivity index (χ4v) is 2.80. The van der Waals surface area contributed by atoms with Gasteiger partial charge in [-0.15, -0.1) is 11.3 Å². The lowest BCUT2D eigenvalue weighted by Crippen LogP contribution is -2.31. The number of thiophene rings is 1. The minimum atomic E-state index is 0.186. The highest BCUT2D eigenvalue weighted by Crippen LogP contribution is 2.37. The first-order valence-corrected chi connectivity index (χ1v) is 6.05. The fraction of sp³-hybridized carbons (Fsp3) is 0.600. The number of rotatable bonds is 3. The molecule has 1 unspecified atom stereocenters. The van der Waals surface area contributed by atoms with Crippen LogP contribution in [0, 0.1) is 5.92 Å². The maximum absolute atomic E-state index is 5.70. The monoisotopic (exact) mass is 261 g/mol. The molecule has 0 spiro atoms. The average Bonchev–Trinajstić information content (AvgIpc) is 2.50. The van der Waals surface area contributed by atoms with Crippen LogP contribution in [0.2, 0.25) is 0 Å². The van der Waals surface area contributed by atoms with Crippen molar-refractivity contribution in [1.29, 1.82) is 0 Å². The molecule has 0 fully saturated rings. The Kier molecular flexibility index (Phi) is 3.55. The van der Waals surface area contributed by atoms with Gasteiger partial charge in [0, 0.05) is 10.3 Å². The summed E-state index contributed by atoms with van der Waals surface area (Å²) in [5.74, 6) is 0.512. The third-order valence-corrected chi connectivity index (χ3v) is 4.76. The number of halogens is 1. The van der Waals surface area contributed by atoms with Crippen molar-refractivity contribution in [2.24, 2.45) is 11.7 Å². The Morgan fingerprint density at radius 2 is 2.15 bits per heavy atom. The lowest BCUT2D eigenvalue weighted by atomic mass is 9.79. The molecule has 0 radical (unpaired) electrons. The molecule has 0 aliphatic carbocycles. The molecular formula is C10H16BrNS. The highest BCUT2D eigenvalue weighted by atomic mass is 79.9. The Morgan fingerprint density at radius 1 is 1.54 bits per heavy atom. The first-order valence-electron chi connectivity index (χ1n) is 4.44. The summed E-state index contributed by atoms with van der Waals surface area (Å²) in [6.07, 6.45) is 0. The van der Waals surface area contributed by atoms with Gasteiger partial charge in [0.25, 0.3) is 0 Å². The van der Waals surface area contributed by atoms with Gasteiger partial charge in [-0.1, -0.05) is 20.8 Å². The molecule has 2 N–H and O–H groups in total. The van der Waals surface area contributed by atoms with E-state index in [2.05, 4.69) is 48.8 Å². The van der Waals surface area contributed by atoms with Gasteiger partial charge < -0.3 is 5.73 Å². The van der Waals surface area contributed by atoms with Crippen LogP contribution in [0.5, 0.6) is 0 Å². The number of hydrogen-bond donors (Lipinski definition) is 1. The summed E-state index contributed by atoms with van der Waals surface area (Å²) in [5.41, 5.74) is 5.88. The molecule has 1 heterocycles. The summed E-state index contributed by atoms with van der Waals surface area (Å²) in [5, 5.41) is 0. The topological polar surface area (TPSA) is 26.0 Å². The lowest BCUT2D eigenvalue weighted by molar-refractivity contribution is 0.359. The minimum absolute atomic E-state index is 0.186. The molecular weight excluding hydrogens is 246 g/mol. The molecule has 1 rings (SSSR count). The summed E-state index contributed by atoms with van der Waals surface area (Å²) in [6.45, 7) is 7.45. The van der Waals surface area contributed by atoms with Gasteiger partial charge in [0.1, 0.15) is 0 Å². The molecule has 1 aromatic rings. The number of hydrogen-bond acceptors (Lipinski definition) is 2. The predicted octanol–water partition coefficient (Wildman–Crippen LogP) is 3.38. The van der Waals surface area contributed by atoms with E-state index in [1.54, 1.807) is 11.3 Å². The molecule has 0 aliphatic rings. The highest BCUT2D eigenvalue weighted by Gasteiger charge is 2.28. The van der Waals surface area contributed by atoms with Crippen LogP contribution in [0.15, 0.2) is 15.9 Å². The third kappa shape index (κ3) is 2.33. The van der Waals surface area contributed by atoms with Gasteiger partial charge in [-0.05, 0) is 40.5 Å². The first-order chi connectivity index (χ1) is 5.98. The van der Waals surface area contributed by atoms with Crippen LogP contribution < -0.4 is 5.73 Å². The summed E-state index contributed by atoms with van der Waals surface area (Å²) >= 11 is 5.28. The third-order valence-electron chi connectivity index (χ3n) is 2.79. The van der Waals surface area contributed by atoms with Gasteiger partial charge in [0.2, 0.25) is 0 Å². The average molecular weight is 262 g/mol. The highest BCUT2D eigenvalue weighted by molar-refractivity contribution is 9.11. The van der Waals surface area contributed by atoms with Gasteiger partial charge in [-0.25, -0.2) is 0 Å². The normalized spacial score (nSPS) is 14.5. The van der Waals surface area contributed by atoms with E-state index in [9.17, 15) is 0 Å². The van der Waals surface area contributed by atoms with Crippen LogP contribution in [-0.4, -0.2) is 6.54 Å². The summed E-state index contributed by atoms with van der Waals surface area (Å²) in [4.78, 5) is 1.40. The second kappa shape index (κ2) is 4.11. The van der Waals surface area contributed by atoms with Crippen molar-refractivity contribution in [3.8, 4) is 0 Å². The van der Waals surface area contributed by atoms with E-state index in [0.29, 0.717) is 5.92 Å². The van der Waals surface area contributed by atoms with Crippen LogP contribution >= 0.6 is 27.3 Å². The maximum Gasteiger partial charge on any atom is 0.0701 e. The van der Waals surface area contributed by atoms with Crippen LogP contribution in [0.25, 0.3) is 0 Å². The van der Waals surface area contributed by atoms with E-state index < -0.39 is 0 Å². The molecule has 0 aromatic carbocycles. The first kappa shape index (κ1) is 11.2. The molecule has 0 amide bonds. The largest absolute Gasteiger partial charge is 0.330 e. The quantitative estimate of drug-likeness (QED) is 0.887. The second-order valence-corrected chi connectivity index (χ2v) is 6.43. The smallest absolute Gasteiger partial charge is 0.0701 e. The fourth-order valence-electron chi connectivity index (χ4n) is 1.20. The molecule has 1 aromatic heterocycles. The van der Waals surface area contributed by atoms with Gasteiger partial charge in [0.05, 0.1) is 3.79 Å². The molecule has 0 saturated heterocycles. The van der Waals surface area contributed by atoms with E-state index in [0.717, 1.165) is 6.54 Å². The Balaban J connectivity index is 2.92. The second-order valence-electron chi connectivity index (χ2n) is 3.96. The summed E-state index contributed by atoms with van der Waals surface area (Å²) in [6, 6.07) is 4.28. The van der Waals surface area contributed by atoms with E-state index in [1.807, 2.05) is 0 Å². The van der Waals surface area contributed by atoms with Gasteiger partial charge in [0.15, 0.2) is 0 Å². The van der Waals surface area contributed by atoms with Crippen LogP contribution in [0.4, 0.5) is 0 Å². The van der Waals surface area contributed by atoms with Gasteiger partial charge in [-0.3, -0.25) is 0 Å². The van der Waals surface area contributed by atoms with E-state index in [-0.39, 0.29) is 5.41 Å². The Hall–Kier alpha value is 0.140. The van der Waals surface area contributed by atoms with Gasteiger partial charge in [-0.2, -0.15) is 0 Å². The zero-order valence-electron chi connectivity index (χ0n) is 8.30. The van der Waals surface area contributed by atoms with Crippen molar-refractivity contribution in [3.05, 3.63) is 20.8 Å². The lowest BCUT2D eigenvalue weighted by Gasteiger charge is -2.29. The Morgan fingerprint density at radius 3 is 2.54 bits per heavy atom. The molecule has 0 bridgehead atoms. The maximum atomic E-state index is 5.70. The van der Waals surface area contributed by atoms with Crippen molar-refractivity contribution < 1.29 is 0 Å². The van der Waals surface area contributed by atoms with Crippen molar-refractivity contribution in [2.75, 3.05) is 6.54 Å². The molecule has 1 atom stereocenters. The Bertz CT molecular complexity index is 280. The van der Waals surface area contributed by atoms with Crippen LogP contribution in [0.3, 0.4) is 0 Å². The molecule has 74 valence electrons. The van der Waals surface area contributed by atoms with Crippen molar-refractivity contribution >= 4 is 27.3 Å². The molecule has 13 heavy (non-hydrogen) atoms. The summed E-state index contributed by atoms with van der Waals surface area (Å²) in [7, 11) is 0. The summed E-state index contributed by atoms with van der Waals surface area (Å²) < 4.78 is 1.19. The van der Waals surface area contributed by atoms with Crippen molar-refractivity contribution in [2.45, 2.75) is 26.2 Å². The molecule has 0 aliphatic heterocycles. The molecule has 1 nitrogen and oxygen atoms in total. The van der Waals surface area contributed by atoms with Crippen molar-refractivity contribution in [1.82, 2.24) is 0 Å². The van der Waals surface area contributed by atoms with E-state index in [1.165, 1.54) is 8.66 Å². The van der Waals surface area contributed by atoms with Crippen molar-refractivity contribution in [3.63, 3.8) is 0 Å². The zero-order chi connectivity index (χ0) is 10.1. The van der Waals surface area contributed by atoms with Gasteiger partial charge >= 0.3 is 0 Å². The number of nitrogens with two attached hydrogens (primary N) is 1. The van der Waals surface area contributed by atoms with Crippen LogP contribution in [-0.2, 0) is 5.41 Å². The Labute approximate surface area is 92.5 Å². The predicted molar refractivity (Wildman–Crippen MR) is 63.3 cm³/mol. The van der Waals surface area contributed by atoms with Crippen LogP contribution in [0.1, 0.15) is 25.6 Å². The minimum Gasteiger partial charge on any atom is -0.330 e.